The summed E-state index contributed by atoms with van der Waals surface area (Å²) >= 11 is 0. The lowest BCUT2D eigenvalue weighted by molar-refractivity contribution is 0.0953. The highest BCUT2D eigenvalue weighted by Gasteiger charge is 2.10. The molecule has 0 saturated carbocycles. The lowest BCUT2D eigenvalue weighted by atomic mass is 9.97. The Hall–Kier alpha value is -1.61. The fourth-order valence-electron chi connectivity index (χ4n) is 2.78. The number of rotatable bonds is 7. The van der Waals surface area contributed by atoms with E-state index in [1.54, 1.807) is 0 Å². The second-order valence-corrected chi connectivity index (χ2v) is 5.62. The summed E-state index contributed by atoms with van der Waals surface area (Å²) in [6.45, 7) is 1.63. The van der Waals surface area contributed by atoms with E-state index in [0.717, 1.165) is 37.1 Å². The number of hydrogen-bond donors (Lipinski definition) is 2. The smallest absolute Gasteiger partial charge is 0.251 e. The highest BCUT2D eigenvalue weighted by atomic mass is 16.1. The minimum atomic E-state index is 0.0538. The van der Waals surface area contributed by atoms with Crippen LogP contribution in [0.15, 0.2) is 35.9 Å². The molecular formula is C18H26N2O. The average Bonchev–Trinajstić information content (AvgIpc) is 2.54. The summed E-state index contributed by atoms with van der Waals surface area (Å²) in [6, 6.07) is 7.88. The van der Waals surface area contributed by atoms with E-state index >= 15 is 0 Å². The van der Waals surface area contributed by atoms with Gasteiger partial charge in [0.05, 0.1) is 0 Å². The van der Waals surface area contributed by atoms with Gasteiger partial charge in [0.25, 0.3) is 5.91 Å². The monoisotopic (exact) mass is 286 g/mol. The quantitative estimate of drug-likeness (QED) is 0.756. The molecule has 0 spiro atoms. The Labute approximate surface area is 127 Å². The van der Waals surface area contributed by atoms with Crippen LogP contribution < -0.4 is 10.6 Å². The standard InChI is InChI=1S/C18H26N2O/c1-19-13-12-16-9-5-6-10-17(16)18(21)20-14-11-15-7-3-2-4-8-15/h5-7,9-10,19H,2-4,8,11-14H2,1H3,(H,20,21). The summed E-state index contributed by atoms with van der Waals surface area (Å²) in [5.74, 6) is 0.0538. The molecule has 114 valence electrons. The van der Waals surface area contributed by atoms with E-state index in [4.69, 9.17) is 0 Å². The second kappa shape index (κ2) is 8.63. The van der Waals surface area contributed by atoms with Crippen LogP contribution in [-0.4, -0.2) is 26.0 Å². The average molecular weight is 286 g/mol. The molecule has 21 heavy (non-hydrogen) atoms. The van der Waals surface area contributed by atoms with E-state index in [0.29, 0.717) is 0 Å². The molecule has 2 N–H and O–H groups in total. The van der Waals surface area contributed by atoms with Crippen molar-refractivity contribution in [2.45, 2.75) is 38.5 Å². The van der Waals surface area contributed by atoms with Gasteiger partial charge < -0.3 is 10.6 Å². The molecule has 3 nitrogen and oxygen atoms in total. The first-order valence-electron chi connectivity index (χ1n) is 8.00. The van der Waals surface area contributed by atoms with Gasteiger partial charge in [-0.15, -0.1) is 0 Å². The van der Waals surface area contributed by atoms with Crippen molar-refractivity contribution >= 4 is 5.91 Å². The summed E-state index contributed by atoms with van der Waals surface area (Å²) in [6.07, 6.45) is 9.23. The van der Waals surface area contributed by atoms with Crippen LogP contribution in [0.5, 0.6) is 0 Å². The van der Waals surface area contributed by atoms with Crippen LogP contribution in [0.25, 0.3) is 0 Å². The summed E-state index contributed by atoms with van der Waals surface area (Å²) in [5.41, 5.74) is 3.43. The fraction of sp³-hybridized carbons (Fsp3) is 0.500. The maximum Gasteiger partial charge on any atom is 0.251 e. The summed E-state index contributed by atoms with van der Waals surface area (Å²) in [5, 5.41) is 6.19. The molecule has 0 unspecified atom stereocenters. The van der Waals surface area contributed by atoms with Crippen molar-refractivity contribution in [2.24, 2.45) is 0 Å². The van der Waals surface area contributed by atoms with Crippen LogP contribution in [0.2, 0.25) is 0 Å². The molecule has 1 aliphatic rings. The number of allylic oxidation sites excluding steroid dienone is 1. The van der Waals surface area contributed by atoms with Gasteiger partial charge in [-0.1, -0.05) is 29.8 Å². The van der Waals surface area contributed by atoms with Crippen molar-refractivity contribution in [2.75, 3.05) is 20.1 Å². The molecule has 0 radical (unpaired) electrons. The Kier molecular flexibility index (Phi) is 6.48. The summed E-state index contributed by atoms with van der Waals surface area (Å²) in [4.78, 5) is 12.3. The Bertz CT molecular complexity index is 494. The van der Waals surface area contributed by atoms with Crippen molar-refractivity contribution < 1.29 is 4.79 Å². The fourth-order valence-corrected chi connectivity index (χ4v) is 2.78. The number of nitrogens with one attached hydrogen (secondary N) is 2. The second-order valence-electron chi connectivity index (χ2n) is 5.62. The van der Waals surface area contributed by atoms with Crippen LogP contribution in [0, 0.1) is 0 Å². The molecule has 2 rings (SSSR count). The number of carbonyl (C=O) groups excluding carboxylic acids is 1. The molecular weight excluding hydrogens is 260 g/mol. The van der Waals surface area contributed by atoms with Gasteiger partial charge >= 0.3 is 0 Å². The minimum absolute atomic E-state index is 0.0538. The molecule has 0 saturated heterocycles. The third-order valence-corrected chi connectivity index (χ3v) is 4.02. The number of amides is 1. The zero-order valence-electron chi connectivity index (χ0n) is 13.0. The number of carbonyl (C=O) groups is 1. The third kappa shape index (κ3) is 5.01. The molecule has 1 aromatic carbocycles. The van der Waals surface area contributed by atoms with Crippen LogP contribution >= 0.6 is 0 Å². The first-order chi connectivity index (χ1) is 10.3. The predicted octanol–water partition coefficient (Wildman–Crippen LogP) is 3.07. The van der Waals surface area contributed by atoms with Gasteiger partial charge in [-0.05, 0) is 63.7 Å². The van der Waals surface area contributed by atoms with E-state index in [-0.39, 0.29) is 5.91 Å². The molecule has 0 heterocycles. The Morgan fingerprint density at radius 1 is 1.14 bits per heavy atom. The molecule has 1 aliphatic carbocycles. The molecule has 0 atom stereocenters. The van der Waals surface area contributed by atoms with E-state index < -0.39 is 0 Å². The molecule has 0 fully saturated rings. The lowest BCUT2D eigenvalue weighted by Gasteiger charge is -2.14. The first kappa shape index (κ1) is 15.8. The topological polar surface area (TPSA) is 41.1 Å². The molecule has 1 aromatic rings. The Balaban J connectivity index is 1.86. The van der Waals surface area contributed by atoms with Gasteiger partial charge in [0.1, 0.15) is 0 Å². The van der Waals surface area contributed by atoms with Crippen molar-refractivity contribution in [3.8, 4) is 0 Å². The van der Waals surface area contributed by atoms with E-state index in [1.807, 2.05) is 31.3 Å². The maximum absolute atomic E-state index is 12.3. The molecule has 0 aromatic heterocycles. The Morgan fingerprint density at radius 3 is 2.76 bits per heavy atom. The Morgan fingerprint density at radius 2 is 2.00 bits per heavy atom. The molecule has 1 amide bonds. The maximum atomic E-state index is 12.3. The van der Waals surface area contributed by atoms with Gasteiger partial charge in [-0.25, -0.2) is 0 Å². The van der Waals surface area contributed by atoms with Crippen molar-refractivity contribution in [1.29, 1.82) is 0 Å². The lowest BCUT2D eigenvalue weighted by Crippen LogP contribution is -2.26. The summed E-state index contributed by atoms with van der Waals surface area (Å²) < 4.78 is 0. The van der Waals surface area contributed by atoms with E-state index in [1.165, 1.54) is 31.3 Å². The van der Waals surface area contributed by atoms with Gasteiger partial charge in [0, 0.05) is 12.1 Å². The summed E-state index contributed by atoms with van der Waals surface area (Å²) in [7, 11) is 1.93. The minimum Gasteiger partial charge on any atom is -0.352 e. The van der Waals surface area contributed by atoms with Gasteiger partial charge in [-0.2, -0.15) is 0 Å². The number of benzene rings is 1. The number of likely N-dealkylation sites (N-methyl/N-ethyl adjacent to an activating group) is 1. The van der Waals surface area contributed by atoms with Crippen molar-refractivity contribution in [3.05, 3.63) is 47.0 Å². The highest BCUT2D eigenvalue weighted by molar-refractivity contribution is 5.95. The number of hydrogen-bond acceptors (Lipinski definition) is 2. The van der Waals surface area contributed by atoms with Crippen LogP contribution in [0.3, 0.4) is 0 Å². The third-order valence-electron chi connectivity index (χ3n) is 4.02. The van der Waals surface area contributed by atoms with Gasteiger partial charge in [-0.3, -0.25) is 4.79 Å². The van der Waals surface area contributed by atoms with Crippen molar-refractivity contribution in [1.82, 2.24) is 10.6 Å². The van der Waals surface area contributed by atoms with Crippen LogP contribution in [0.1, 0.15) is 48.0 Å². The molecule has 0 aliphatic heterocycles. The zero-order valence-corrected chi connectivity index (χ0v) is 13.0. The van der Waals surface area contributed by atoms with Gasteiger partial charge in [0.15, 0.2) is 0 Å². The first-order valence-corrected chi connectivity index (χ1v) is 8.00. The zero-order chi connectivity index (χ0) is 14.9. The molecule has 0 bridgehead atoms. The van der Waals surface area contributed by atoms with Crippen LogP contribution in [-0.2, 0) is 6.42 Å². The highest BCUT2D eigenvalue weighted by Crippen LogP contribution is 2.19. The molecule has 3 heteroatoms. The van der Waals surface area contributed by atoms with E-state index in [9.17, 15) is 4.79 Å². The SMILES string of the molecule is CNCCc1ccccc1C(=O)NCCC1=CCCCC1. The van der Waals surface area contributed by atoms with Crippen LogP contribution in [0.4, 0.5) is 0 Å². The largest absolute Gasteiger partial charge is 0.352 e. The van der Waals surface area contributed by atoms with E-state index in [2.05, 4.69) is 16.7 Å². The van der Waals surface area contributed by atoms with Crippen molar-refractivity contribution in [3.63, 3.8) is 0 Å². The van der Waals surface area contributed by atoms with Gasteiger partial charge in [0.2, 0.25) is 0 Å². The predicted molar refractivity (Wildman–Crippen MR) is 87.6 cm³/mol. The normalized spacial score (nSPS) is 14.6.